The van der Waals surface area contributed by atoms with Crippen molar-refractivity contribution in [3.05, 3.63) is 54.2 Å². The summed E-state index contributed by atoms with van der Waals surface area (Å²) in [6.45, 7) is 1.81. The van der Waals surface area contributed by atoms with Gasteiger partial charge in [0.1, 0.15) is 0 Å². The van der Waals surface area contributed by atoms with Gasteiger partial charge in [0.15, 0.2) is 0 Å². The molecule has 0 aliphatic carbocycles. The standard InChI is InChI=1S/C18H23N3O2/c1-20-8-5-16(18(20)15-4-3-7-19-11-15)12-21(2)17(22)10-14-6-9-23-13-14/h3-4,6-7,9,11,13,16,18H,5,8,10,12H2,1-2H3/t16-,18-/m0/s1. The Morgan fingerprint density at radius 3 is 3.04 bits per heavy atom. The largest absolute Gasteiger partial charge is 0.472 e. The van der Waals surface area contributed by atoms with Crippen LogP contribution in [0.25, 0.3) is 0 Å². The highest BCUT2D eigenvalue weighted by molar-refractivity contribution is 5.78. The van der Waals surface area contributed by atoms with Crippen LogP contribution in [0.3, 0.4) is 0 Å². The summed E-state index contributed by atoms with van der Waals surface area (Å²) in [5.74, 6) is 0.563. The molecule has 1 aliphatic rings. The number of carbonyl (C=O) groups is 1. The van der Waals surface area contributed by atoms with E-state index in [4.69, 9.17) is 4.42 Å². The van der Waals surface area contributed by atoms with E-state index >= 15 is 0 Å². The quantitative estimate of drug-likeness (QED) is 0.850. The molecule has 2 aromatic heterocycles. The van der Waals surface area contributed by atoms with Gasteiger partial charge in [-0.3, -0.25) is 14.7 Å². The fraction of sp³-hybridized carbons (Fsp3) is 0.444. The van der Waals surface area contributed by atoms with Crippen LogP contribution in [0, 0.1) is 5.92 Å². The number of furan rings is 1. The van der Waals surface area contributed by atoms with Gasteiger partial charge >= 0.3 is 0 Å². The highest BCUT2D eigenvalue weighted by atomic mass is 16.3. The van der Waals surface area contributed by atoms with E-state index in [0.717, 1.165) is 25.1 Å². The molecule has 2 atom stereocenters. The smallest absolute Gasteiger partial charge is 0.226 e. The SMILES string of the molecule is CN(C[C@@H]1CCN(C)[C@H]1c1cccnc1)C(=O)Cc1ccoc1. The Labute approximate surface area is 136 Å². The first-order valence-electron chi connectivity index (χ1n) is 8.00. The zero-order valence-corrected chi connectivity index (χ0v) is 13.7. The van der Waals surface area contributed by atoms with Crippen molar-refractivity contribution >= 4 is 5.91 Å². The fourth-order valence-corrected chi connectivity index (χ4v) is 3.45. The molecule has 3 rings (SSSR count). The van der Waals surface area contributed by atoms with Crippen molar-refractivity contribution in [1.82, 2.24) is 14.8 Å². The topological polar surface area (TPSA) is 49.6 Å². The average Bonchev–Trinajstić information content (AvgIpc) is 3.18. The van der Waals surface area contributed by atoms with Crippen LogP contribution in [-0.4, -0.2) is 47.9 Å². The molecule has 5 heteroatoms. The monoisotopic (exact) mass is 313 g/mol. The van der Waals surface area contributed by atoms with Crippen molar-refractivity contribution < 1.29 is 9.21 Å². The Bertz CT molecular complexity index is 627. The summed E-state index contributed by atoms with van der Waals surface area (Å²) >= 11 is 0. The highest BCUT2D eigenvalue weighted by Gasteiger charge is 2.34. The Balaban J connectivity index is 1.65. The van der Waals surface area contributed by atoms with E-state index in [0.29, 0.717) is 18.4 Å². The second-order valence-corrected chi connectivity index (χ2v) is 6.34. The molecule has 1 saturated heterocycles. The number of hydrogen-bond acceptors (Lipinski definition) is 4. The van der Waals surface area contributed by atoms with Crippen LogP contribution in [0.1, 0.15) is 23.6 Å². The average molecular weight is 313 g/mol. The van der Waals surface area contributed by atoms with Crippen LogP contribution in [0.2, 0.25) is 0 Å². The third-order valence-electron chi connectivity index (χ3n) is 4.67. The first-order valence-corrected chi connectivity index (χ1v) is 8.00. The lowest BCUT2D eigenvalue weighted by Crippen LogP contribution is -2.35. The molecular weight excluding hydrogens is 290 g/mol. The Morgan fingerprint density at radius 2 is 2.35 bits per heavy atom. The third-order valence-corrected chi connectivity index (χ3v) is 4.67. The maximum atomic E-state index is 12.4. The van der Waals surface area contributed by atoms with Crippen molar-refractivity contribution in [2.45, 2.75) is 18.9 Å². The summed E-state index contributed by atoms with van der Waals surface area (Å²) in [6.07, 6.45) is 8.47. The number of carbonyl (C=O) groups excluding carboxylic acids is 1. The van der Waals surface area contributed by atoms with Gasteiger partial charge in [-0.25, -0.2) is 0 Å². The van der Waals surface area contributed by atoms with E-state index in [1.54, 1.807) is 18.7 Å². The summed E-state index contributed by atoms with van der Waals surface area (Å²) < 4.78 is 5.03. The summed E-state index contributed by atoms with van der Waals surface area (Å²) in [5, 5.41) is 0. The minimum absolute atomic E-state index is 0.130. The van der Waals surface area contributed by atoms with E-state index in [9.17, 15) is 4.79 Å². The summed E-state index contributed by atoms with van der Waals surface area (Å²) in [4.78, 5) is 20.8. The number of rotatable bonds is 5. The molecule has 3 heterocycles. The zero-order valence-electron chi connectivity index (χ0n) is 13.7. The Hall–Kier alpha value is -2.14. The molecule has 0 unspecified atom stereocenters. The third kappa shape index (κ3) is 3.62. The van der Waals surface area contributed by atoms with Gasteiger partial charge in [-0.1, -0.05) is 6.07 Å². The molecule has 1 amide bonds. The highest BCUT2D eigenvalue weighted by Crippen LogP contribution is 2.36. The lowest BCUT2D eigenvalue weighted by Gasteiger charge is -2.28. The van der Waals surface area contributed by atoms with Crippen molar-refractivity contribution in [3.8, 4) is 0 Å². The molecule has 1 aliphatic heterocycles. The Morgan fingerprint density at radius 1 is 1.48 bits per heavy atom. The van der Waals surface area contributed by atoms with Gasteiger partial charge in [0, 0.05) is 32.0 Å². The van der Waals surface area contributed by atoms with E-state index in [1.165, 1.54) is 5.56 Å². The molecule has 2 aromatic rings. The number of nitrogens with zero attached hydrogens (tertiary/aromatic N) is 3. The summed E-state index contributed by atoms with van der Waals surface area (Å²) in [6, 6.07) is 6.27. The van der Waals surface area contributed by atoms with Gasteiger partial charge in [-0.2, -0.15) is 0 Å². The number of amides is 1. The van der Waals surface area contributed by atoms with Crippen molar-refractivity contribution in [1.29, 1.82) is 0 Å². The van der Waals surface area contributed by atoms with Gasteiger partial charge in [0.05, 0.1) is 18.9 Å². The predicted octanol–water partition coefficient (Wildman–Crippen LogP) is 2.37. The van der Waals surface area contributed by atoms with Gasteiger partial charge in [0.2, 0.25) is 5.91 Å². The second kappa shape index (κ2) is 6.96. The van der Waals surface area contributed by atoms with Crippen LogP contribution in [0.15, 0.2) is 47.5 Å². The van der Waals surface area contributed by atoms with E-state index < -0.39 is 0 Å². The van der Waals surface area contributed by atoms with Gasteiger partial charge in [-0.15, -0.1) is 0 Å². The van der Waals surface area contributed by atoms with Crippen molar-refractivity contribution in [2.24, 2.45) is 5.92 Å². The number of pyridine rings is 1. The van der Waals surface area contributed by atoms with Gasteiger partial charge < -0.3 is 9.32 Å². The number of hydrogen-bond donors (Lipinski definition) is 0. The number of likely N-dealkylation sites (N-methyl/N-ethyl adjacent to an activating group) is 1. The lowest BCUT2D eigenvalue weighted by atomic mass is 9.94. The van der Waals surface area contributed by atoms with Crippen molar-refractivity contribution in [3.63, 3.8) is 0 Å². The van der Waals surface area contributed by atoms with Crippen LogP contribution >= 0.6 is 0 Å². The number of aromatic nitrogens is 1. The summed E-state index contributed by atoms with van der Waals surface area (Å²) in [7, 11) is 4.03. The minimum atomic E-state index is 0.130. The molecule has 0 saturated carbocycles. The van der Waals surface area contributed by atoms with Crippen LogP contribution in [0.4, 0.5) is 0 Å². The fourth-order valence-electron chi connectivity index (χ4n) is 3.45. The lowest BCUT2D eigenvalue weighted by molar-refractivity contribution is -0.129. The first kappa shape index (κ1) is 15.7. The van der Waals surface area contributed by atoms with Crippen LogP contribution in [0.5, 0.6) is 0 Å². The predicted molar refractivity (Wildman–Crippen MR) is 87.8 cm³/mol. The van der Waals surface area contributed by atoms with Gasteiger partial charge in [-0.05, 0) is 49.2 Å². The molecule has 1 fully saturated rings. The molecule has 0 spiro atoms. The molecular formula is C18H23N3O2. The normalized spacial score (nSPS) is 21.5. The van der Waals surface area contributed by atoms with E-state index in [1.807, 2.05) is 30.3 Å². The minimum Gasteiger partial charge on any atom is -0.472 e. The molecule has 0 aromatic carbocycles. The van der Waals surface area contributed by atoms with Crippen LogP contribution in [-0.2, 0) is 11.2 Å². The maximum Gasteiger partial charge on any atom is 0.226 e. The Kier molecular flexibility index (Phi) is 4.76. The summed E-state index contributed by atoms with van der Waals surface area (Å²) in [5.41, 5.74) is 2.15. The van der Waals surface area contributed by atoms with E-state index in [-0.39, 0.29) is 5.91 Å². The van der Waals surface area contributed by atoms with E-state index in [2.05, 4.69) is 23.0 Å². The molecule has 5 nitrogen and oxygen atoms in total. The zero-order chi connectivity index (χ0) is 16.2. The first-order chi connectivity index (χ1) is 11.1. The second-order valence-electron chi connectivity index (χ2n) is 6.34. The molecule has 122 valence electrons. The van der Waals surface area contributed by atoms with Crippen molar-refractivity contribution in [2.75, 3.05) is 27.2 Å². The molecule has 0 radical (unpaired) electrons. The molecule has 0 N–H and O–H groups in total. The molecule has 23 heavy (non-hydrogen) atoms. The van der Waals surface area contributed by atoms with Crippen LogP contribution < -0.4 is 0 Å². The van der Waals surface area contributed by atoms with Gasteiger partial charge in [0.25, 0.3) is 0 Å². The number of likely N-dealkylation sites (tertiary alicyclic amines) is 1. The molecule has 0 bridgehead atoms. The maximum absolute atomic E-state index is 12.4.